The third-order valence-electron chi connectivity index (χ3n) is 5.24. The largest absolute Gasteiger partial charge is 0.354 e. The maximum absolute atomic E-state index is 13.2. The smallest absolute Gasteiger partial charge is 0.258 e. The molecule has 0 radical (unpaired) electrons. The molecule has 2 aliphatic rings. The first-order valence-corrected chi connectivity index (χ1v) is 8.54. The highest BCUT2D eigenvalue weighted by molar-refractivity contribution is 6.01. The SMILES string of the molecule is Cc1nn(C(C)C)c(C)c1C(=O)N1CCCC12CCCNC2=O. The molecular formula is C17H26N4O2. The lowest BCUT2D eigenvalue weighted by molar-refractivity contribution is -0.133. The Hall–Kier alpha value is -1.85. The Morgan fingerprint density at radius 1 is 1.26 bits per heavy atom. The highest BCUT2D eigenvalue weighted by atomic mass is 16.2. The van der Waals surface area contributed by atoms with Crippen LogP contribution in [0.1, 0.15) is 67.3 Å². The van der Waals surface area contributed by atoms with Gasteiger partial charge in [0.15, 0.2) is 0 Å². The van der Waals surface area contributed by atoms with Crippen LogP contribution in [0.2, 0.25) is 0 Å². The van der Waals surface area contributed by atoms with Crippen molar-refractivity contribution >= 4 is 11.8 Å². The fourth-order valence-electron chi connectivity index (χ4n) is 4.14. The summed E-state index contributed by atoms with van der Waals surface area (Å²) in [4.78, 5) is 27.6. The van der Waals surface area contributed by atoms with Crippen LogP contribution in [0.15, 0.2) is 0 Å². The molecule has 3 heterocycles. The Morgan fingerprint density at radius 3 is 2.57 bits per heavy atom. The van der Waals surface area contributed by atoms with E-state index in [2.05, 4.69) is 24.3 Å². The predicted molar refractivity (Wildman–Crippen MR) is 87.3 cm³/mol. The van der Waals surface area contributed by atoms with Gasteiger partial charge in [-0.25, -0.2) is 0 Å². The van der Waals surface area contributed by atoms with Gasteiger partial charge in [0.25, 0.3) is 5.91 Å². The van der Waals surface area contributed by atoms with Gasteiger partial charge in [0.1, 0.15) is 5.54 Å². The molecule has 2 saturated heterocycles. The van der Waals surface area contributed by atoms with Crippen molar-refractivity contribution in [3.63, 3.8) is 0 Å². The van der Waals surface area contributed by atoms with E-state index >= 15 is 0 Å². The molecule has 1 N–H and O–H groups in total. The van der Waals surface area contributed by atoms with Gasteiger partial charge < -0.3 is 10.2 Å². The van der Waals surface area contributed by atoms with Crippen molar-refractivity contribution in [2.24, 2.45) is 0 Å². The number of likely N-dealkylation sites (tertiary alicyclic amines) is 1. The van der Waals surface area contributed by atoms with Crippen LogP contribution in [-0.4, -0.2) is 45.1 Å². The number of nitrogens with zero attached hydrogens (tertiary/aromatic N) is 3. The summed E-state index contributed by atoms with van der Waals surface area (Å²) in [6.07, 6.45) is 3.34. The van der Waals surface area contributed by atoms with E-state index in [-0.39, 0.29) is 17.9 Å². The number of hydrogen-bond acceptors (Lipinski definition) is 3. The van der Waals surface area contributed by atoms with Crippen LogP contribution >= 0.6 is 0 Å². The molecule has 2 fully saturated rings. The molecule has 0 aliphatic carbocycles. The first-order valence-electron chi connectivity index (χ1n) is 8.54. The van der Waals surface area contributed by atoms with Gasteiger partial charge in [0.2, 0.25) is 5.91 Å². The average Bonchev–Trinajstić information content (AvgIpc) is 3.04. The Morgan fingerprint density at radius 2 is 1.96 bits per heavy atom. The minimum absolute atomic E-state index is 0.0150. The predicted octanol–water partition coefficient (Wildman–Crippen LogP) is 1.97. The summed E-state index contributed by atoms with van der Waals surface area (Å²) in [5, 5.41) is 7.47. The first-order chi connectivity index (χ1) is 10.9. The minimum atomic E-state index is -0.645. The van der Waals surface area contributed by atoms with Crippen molar-refractivity contribution in [3.8, 4) is 0 Å². The summed E-state index contributed by atoms with van der Waals surface area (Å²) in [6, 6.07) is 0.209. The molecule has 0 aromatic carbocycles. The zero-order valence-electron chi connectivity index (χ0n) is 14.5. The molecule has 126 valence electrons. The van der Waals surface area contributed by atoms with E-state index in [0.29, 0.717) is 18.7 Å². The summed E-state index contributed by atoms with van der Waals surface area (Å²) in [7, 11) is 0. The fraction of sp³-hybridized carbons (Fsp3) is 0.706. The lowest BCUT2D eigenvalue weighted by Crippen LogP contribution is -2.60. The Bertz CT molecular complexity index is 649. The Kier molecular flexibility index (Phi) is 3.94. The molecule has 2 aliphatic heterocycles. The van der Waals surface area contributed by atoms with Crippen molar-refractivity contribution < 1.29 is 9.59 Å². The standard InChI is InChI=1S/C17H26N4O2/c1-11(2)21-13(4)14(12(3)19-21)15(22)20-10-6-8-17(20)7-5-9-18-16(17)23/h11H,5-10H2,1-4H3,(H,18,23). The second-order valence-electron chi connectivity index (χ2n) is 7.04. The third-order valence-corrected chi connectivity index (χ3v) is 5.24. The summed E-state index contributed by atoms with van der Waals surface area (Å²) in [5.41, 5.74) is 1.66. The van der Waals surface area contributed by atoms with Crippen LogP contribution in [0.25, 0.3) is 0 Å². The molecule has 6 nitrogen and oxygen atoms in total. The minimum Gasteiger partial charge on any atom is -0.354 e. The zero-order valence-corrected chi connectivity index (χ0v) is 14.5. The van der Waals surface area contributed by atoms with Gasteiger partial charge >= 0.3 is 0 Å². The quantitative estimate of drug-likeness (QED) is 0.906. The molecule has 1 atom stereocenters. The molecule has 6 heteroatoms. The number of aromatic nitrogens is 2. The van der Waals surface area contributed by atoms with E-state index in [0.717, 1.165) is 37.1 Å². The van der Waals surface area contributed by atoms with Crippen LogP contribution in [0.5, 0.6) is 0 Å². The monoisotopic (exact) mass is 318 g/mol. The van der Waals surface area contributed by atoms with E-state index in [9.17, 15) is 9.59 Å². The van der Waals surface area contributed by atoms with Crippen LogP contribution in [0, 0.1) is 13.8 Å². The van der Waals surface area contributed by atoms with Crippen molar-refractivity contribution in [2.75, 3.05) is 13.1 Å². The number of nitrogens with one attached hydrogen (secondary N) is 1. The highest BCUT2D eigenvalue weighted by Crippen LogP contribution is 2.37. The molecule has 0 saturated carbocycles. The normalized spacial score (nSPS) is 24.6. The third kappa shape index (κ3) is 2.35. The lowest BCUT2D eigenvalue weighted by Gasteiger charge is -2.40. The number of carbonyl (C=O) groups excluding carboxylic acids is 2. The van der Waals surface area contributed by atoms with Crippen molar-refractivity contribution in [3.05, 3.63) is 17.0 Å². The Balaban J connectivity index is 1.99. The van der Waals surface area contributed by atoms with E-state index in [1.165, 1.54) is 0 Å². The molecule has 1 spiro atoms. The molecule has 2 amide bonds. The molecule has 1 aromatic rings. The second kappa shape index (κ2) is 5.65. The number of amides is 2. The van der Waals surface area contributed by atoms with Crippen molar-refractivity contribution in [1.29, 1.82) is 0 Å². The van der Waals surface area contributed by atoms with Gasteiger partial charge in [0.05, 0.1) is 11.3 Å². The molecular weight excluding hydrogens is 292 g/mol. The summed E-state index contributed by atoms with van der Waals surface area (Å²) >= 11 is 0. The van der Waals surface area contributed by atoms with Gasteiger partial charge in [0, 0.05) is 24.8 Å². The van der Waals surface area contributed by atoms with E-state index < -0.39 is 5.54 Å². The van der Waals surface area contributed by atoms with E-state index in [1.807, 2.05) is 23.4 Å². The molecule has 0 bridgehead atoms. The number of hydrogen-bond donors (Lipinski definition) is 1. The van der Waals surface area contributed by atoms with Gasteiger partial charge in [-0.05, 0) is 53.4 Å². The van der Waals surface area contributed by atoms with Crippen LogP contribution in [0.3, 0.4) is 0 Å². The maximum atomic E-state index is 13.2. The van der Waals surface area contributed by atoms with Gasteiger partial charge in [-0.3, -0.25) is 14.3 Å². The zero-order chi connectivity index (χ0) is 16.8. The molecule has 1 aromatic heterocycles. The van der Waals surface area contributed by atoms with Crippen LogP contribution in [0.4, 0.5) is 0 Å². The van der Waals surface area contributed by atoms with Crippen LogP contribution in [-0.2, 0) is 4.79 Å². The van der Waals surface area contributed by atoms with Gasteiger partial charge in [-0.15, -0.1) is 0 Å². The number of carbonyl (C=O) groups is 2. The topological polar surface area (TPSA) is 67.2 Å². The first kappa shape index (κ1) is 16.0. The second-order valence-corrected chi connectivity index (χ2v) is 7.04. The fourth-order valence-corrected chi connectivity index (χ4v) is 4.14. The number of rotatable bonds is 2. The number of aryl methyl sites for hydroxylation is 1. The molecule has 3 rings (SSSR count). The Labute approximate surface area is 137 Å². The van der Waals surface area contributed by atoms with Gasteiger partial charge in [-0.1, -0.05) is 0 Å². The summed E-state index contributed by atoms with van der Waals surface area (Å²) < 4.78 is 1.90. The van der Waals surface area contributed by atoms with E-state index in [4.69, 9.17) is 0 Å². The average molecular weight is 318 g/mol. The molecule has 1 unspecified atom stereocenters. The van der Waals surface area contributed by atoms with Crippen LogP contribution < -0.4 is 5.32 Å². The lowest BCUT2D eigenvalue weighted by atomic mass is 9.86. The summed E-state index contributed by atoms with van der Waals surface area (Å²) in [6.45, 7) is 9.29. The maximum Gasteiger partial charge on any atom is 0.258 e. The highest BCUT2D eigenvalue weighted by Gasteiger charge is 2.51. The van der Waals surface area contributed by atoms with Crippen molar-refractivity contribution in [2.45, 2.75) is 65.0 Å². The molecule has 23 heavy (non-hydrogen) atoms. The number of piperidine rings is 1. The van der Waals surface area contributed by atoms with Gasteiger partial charge in [-0.2, -0.15) is 5.10 Å². The van der Waals surface area contributed by atoms with E-state index in [1.54, 1.807) is 0 Å². The summed E-state index contributed by atoms with van der Waals surface area (Å²) in [5.74, 6) is -0.0254. The van der Waals surface area contributed by atoms with Crippen molar-refractivity contribution in [1.82, 2.24) is 20.0 Å².